The normalized spacial score (nSPS) is 28.5. The molecule has 1 aromatic rings. The molecule has 0 aromatic heterocycles. The second kappa shape index (κ2) is 2.37. The van der Waals surface area contributed by atoms with Gasteiger partial charge in [0.25, 0.3) is 0 Å². The van der Waals surface area contributed by atoms with Crippen LogP contribution in [0.1, 0.15) is 30.9 Å². The summed E-state index contributed by atoms with van der Waals surface area (Å²) in [6.07, 6.45) is 2.36. The first-order chi connectivity index (χ1) is 5.29. The zero-order valence-corrected chi connectivity index (χ0v) is 7.04. The molecule has 11 heavy (non-hydrogen) atoms. The SMILES string of the molecule is C[C@H]1[CH]c2ccccc2[C@@H]1C. The van der Waals surface area contributed by atoms with Crippen LogP contribution in [0.3, 0.4) is 0 Å². The molecular formula is C11H13. The Bertz CT molecular complexity index is 262. The Morgan fingerprint density at radius 2 is 1.82 bits per heavy atom. The second-order valence-corrected chi connectivity index (χ2v) is 3.44. The summed E-state index contributed by atoms with van der Waals surface area (Å²) in [5.41, 5.74) is 2.95. The van der Waals surface area contributed by atoms with Gasteiger partial charge in [0.1, 0.15) is 0 Å². The van der Waals surface area contributed by atoms with Crippen LogP contribution in [0.5, 0.6) is 0 Å². The highest BCUT2D eigenvalue weighted by molar-refractivity contribution is 5.41. The molecule has 0 fully saturated rings. The number of rotatable bonds is 0. The molecule has 0 unspecified atom stereocenters. The summed E-state index contributed by atoms with van der Waals surface area (Å²) < 4.78 is 0. The van der Waals surface area contributed by atoms with Gasteiger partial charge in [0, 0.05) is 0 Å². The first kappa shape index (κ1) is 6.90. The van der Waals surface area contributed by atoms with Gasteiger partial charge in [0.2, 0.25) is 0 Å². The molecule has 0 N–H and O–H groups in total. The van der Waals surface area contributed by atoms with Crippen molar-refractivity contribution < 1.29 is 0 Å². The Kier molecular flexibility index (Phi) is 1.49. The van der Waals surface area contributed by atoms with E-state index in [2.05, 4.69) is 44.5 Å². The quantitative estimate of drug-likeness (QED) is 0.526. The maximum absolute atomic E-state index is 2.36. The molecule has 0 aliphatic heterocycles. The molecule has 1 aromatic carbocycles. The molecule has 0 amide bonds. The molecule has 1 radical (unpaired) electrons. The van der Waals surface area contributed by atoms with Gasteiger partial charge in [-0.25, -0.2) is 0 Å². The maximum Gasteiger partial charge on any atom is -0.00559 e. The molecule has 0 heteroatoms. The fourth-order valence-corrected chi connectivity index (χ4v) is 1.79. The summed E-state index contributed by atoms with van der Waals surface area (Å²) in [5, 5.41) is 0. The first-order valence-electron chi connectivity index (χ1n) is 4.23. The number of hydrogen-bond donors (Lipinski definition) is 0. The maximum atomic E-state index is 2.36. The second-order valence-electron chi connectivity index (χ2n) is 3.44. The van der Waals surface area contributed by atoms with Crippen LogP contribution in [0.25, 0.3) is 0 Å². The molecule has 0 saturated heterocycles. The minimum atomic E-state index is 0.714. The Morgan fingerprint density at radius 1 is 1.09 bits per heavy atom. The molecule has 0 heterocycles. The molecular weight excluding hydrogens is 132 g/mol. The van der Waals surface area contributed by atoms with Crippen LogP contribution in [0.2, 0.25) is 0 Å². The molecule has 0 bridgehead atoms. The van der Waals surface area contributed by atoms with Crippen molar-refractivity contribution in [2.75, 3.05) is 0 Å². The summed E-state index contributed by atoms with van der Waals surface area (Å²) in [6, 6.07) is 8.68. The zero-order chi connectivity index (χ0) is 7.84. The lowest BCUT2D eigenvalue weighted by Gasteiger charge is -2.08. The number of fused-ring (bicyclic) bond motifs is 1. The highest BCUT2D eigenvalue weighted by Gasteiger charge is 2.24. The minimum Gasteiger partial charge on any atom is -0.0620 e. The monoisotopic (exact) mass is 145 g/mol. The van der Waals surface area contributed by atoms with Crippen molar-refractivity contribution in [1.82, 2.24) is 0 Å². The van der Waals surface area contributed by atoms with Crippen molar-refractivity contribution in [3.05, 3.63) is 41.8 Å². The van der Waals surface area contributed by atoms with Crippen LogP contribution in [-0.2, 0) is 0 Å². The fourth-order valence-electron chi connectivity index (χ4n) is 1.79. The Morgan fingerprint density at radius 3 is 2.55 bits per heavy atom. The average Bonchev–Trinajstić information content (AvgIpc) is 2.30. The van der Waals surface area contributed by atoms with Gasteiger partial charge < -0.3 is 0 Å². The summed E-state index contributed by atoms with van der Waals surface area (Å²) in [7, 11) is 0. The van der Waals surface area contributed by atoms with Gasteiger partial charge in [0.05, 0.1) is 0 Å². The van der Waals surface area contributed by atoms with E-state index in [1.807, 2.05) is 0 Å². The molecule has 0 saturated carbocycles. The van der Waals surface area contributed by atoms with Crippen molar-refractivity contribution >= 4 is 0 Å². The fraction of sp³-hybridized carbons (Fsp3) is 0.364. The van der Waals surface area contributed by atoms with Gasteiger partial charge in [-0.15, -0.1) is 0 Å². The molecule has 0 spiro atoms. The third kappa shape index (κ3) is 0.973. The summed E-state index contributed by atoms with van der Waals surface area (Å²) in [4.78, 5) is 0. The third-order valence-electron chi connectivity index (χ3n) is 2.72. The topological polar surface area (TPSA) is 0 Å². The van der Waals surface area contributed by atoms with Gasteiger partial charge in [-0.05, 0) is 29.4 Å². The van der Waals surface area contributed by atoms with Crippen molar-refractivity contribution in [1.29, 1.82) is 0 Å². The highest BCUT2D eigenvalue weighted by atomic mass is 14.3. The van der Waals surface area contributed by atoms with Crippen LogP contribution in [0.4, 0.5) is 0 Å². The van der Waals surface area contributed by atoms with Crippen molar-refractivity contribution in [2.45, 2.75) is 19.8 Å². The Labute approximate surface area is 68.3 Å². The van der Waals surface area contributed by atoms with Crippen LogP contribution in [0, 0.1) is 12.3 Å². The van der Waals surface area contributed by atoms with Gasteiger partial charge in [-0.2, -0.15) is 0 Å². The van der Waals surface area contributed by atoms with Crippen molar-refractivity contribution in [2.24, 2.45) is 5.92 Å². The molecule has 2 rings (SSSR count). The molecule has 1 aliphatic carbocycles. The lowest BCUT2D eigenvalue weighted by molar-refractivity contribution is 0.600. The van der Waals surface area contributed by atoms with Crippen LogP contribution >= 0.6 is 0 Å². The van der Waals surface area contributed by atoms with E-state index in [0.29, 0.717) is 11.8 Å². The standard InChI is InChI=1S/C11H13/c1-8-7-10-5-3-4-6-11(10)9(8)2/h3-9H,1-2H3/t8-,9+/m0/s1. The van der Waals surface area contributed by atoms with Crippen LogP contribution in [-0.4, -0.2) is 0 Å². The zero-order valence-electron chi connectivity index (χ0n) is 7.04. The van der Waals surface area contributed by atoms with Crippen LogP contribution in [0.15, 0.2) is 24.3 Å². The van der Waals surface area contributed by atoms with E-state index in [-0.39, 0.29) is 0 Å². The molecule has 2 atom stereocenters. The van der Waals surface area contributed by atoms with Gasteiger partial charge in [-0.3, -0.25) is 0 Å². The van der Waals surface area contributed by atoms with E-state index in [1.165, 1.54) is 11.1 Å². The predicted molar refractivity (Wildman–Crippen MR) is 47.4 cm³/mol. The Balaban J connectivity index is 2.47. The molecule has 1 aliphatic rings. The van der Waals surface area contributed by atoms with E-state index in [4.69, 9.17) is 0 Å². The van der Waals surface area contributed by atoms with E-state index in [0.717, 1.165) is 0 Å². The third-order valence-corrected chi connectivity index (χ3v) is 2.72. The van der Waals surface area contributed by atoms with Gasteiger partial charge in [0.15, 0.2) is 0 Å². The van der Waals surface area contributed by atoms with Crippen LogP contribution < -0.4 is 0 Å². The Hall–Kier alpha value is -0.780. The number of hydrogen-bond acceptors (Lipinski definition) is 0. The molecule has 57 valence electrons. The lowest BCUT2D eigenvalue weighted by atomic mass is 9.97. The average molecular weight is 145 g/mol. The van der Waals surface area contributed by atoms with E-state index in [9.17, 15) is 0 Å². The summed E-state index contributed by atoms with van der Waals surface area (Å²) in [5.74, 6) is 1.43. The predicted octanol–water partition coefficient (Wildman–Crippen LogP) is 2.99. The summed E-state index contributed by atoms with van der Waals surface area (Å²) >= 11 is 0. The number of benzene rings is 1. The summed E-state index contributed by atoms with van der Waals surface area (Å²) in [6.45, 7) is 4.58. The van der Waals surface area contributed by atoms with Gasteiger partial charge in [-0.1, -0.05) is 38.1 Å². The minimum absolute atomic E-state index is 0.714. The lowest BCUT2D eigenvalue weighted by Crippen LogP contribution is -1.95. The van der Waals surface area contributed by atoms with Gasteiger partial charge >= 0.3 is 0 Å². The highest BCUT2D eigenvalue weighted by Crippen LogP contribution is 2.38. The van der Waals surface area contributed by atoms with E-state index in [1.54, 1.807) is 0 Å². The molecule has 0 nitrogen and oxygen atoms in total. The smallest absolute Gasteiger partial charge is 0.00559 e. The van der Waals surface area contributed by atoms with E-state index < -0.39 is 0 Å². The van der Waals surface area contributed by atoms with Crippen molar-refractivity contribution in [3.63, 3.8) is 0 Å². The largest absolute Gasteiger partial charge is 0.0620 e. The van der Waals surface area contributed by atoms with Crippen molar-refractivity contribution in [3.8, 4) is 0 Å². The first-order valence-corrected chi connectivity index (χ1v) is 4.23. The van der Waals surface area contributed by atoms with E-state index >= 15 is 0 Å².